The molecule has 0 aromatic heterocycles. The van der Waals surface area contributed by atoms with Gasteiger partial charge in [-0.3, -0.25) is 9.59 Å². The van der Waals surface area contributed by atoms with E-state index in [2.05, 4.69) is 10.6 Å². The summed E-state index contributed by atoms with van der Waals surface area (Å²) in [5.41, 5.74) is 1.15. The Bertz CT molecular complexity index is 970. The van der Waals surface area contributed by atoms with Gasteiger partial charge in [0.05, 0.1) is 4.90 Å². The van der Waals surface area contributed by atoms with Crippen molar-refractivity contribution in [3.63, 3.8) is 0 Å². The molecule has 2 N–H and O–H groups in total. The minimum absolute atomic E-state index is 0.108. The summed E-state index contributed by atoms with van der Waals surface area (Å²) in [7, 11) is -3.49. The Morgan fingerprint density at radius 2 is 1.52 bits per heavy atom. The lowest BCUT2D eigenvalue weighted by Crippen LogP contribution is -2.35. The Hall–Kier alpha value is -2.42. The first-order valence-electron chi connectivity index (χ1n) is 9.30. The van der Waals surface area contributed by atoms with Gasteiger partial charge in [0.1, 0.15) is 0 Å². The highest BCUT2D eigenvalue weighted by Gasteiger charge is 2.25. The molecule has 0 saturated carbocycles. The molecule has 2 aromatic rings. The van der Waals surface area contributed by atoms with E-state index in [0.717, 1.165) is 19.3 Å². The van der Waals surface area contributed by atoms with Gasteiger partial charge in [-0.15, -0.1) is 0 Å². The van der Waals surface area contributed by atoms with Crippen LogP contribution in [0.5, 0.6) is 0 Å². The molecule has 0 spiro atoms. The van der Waals surface area contributed by atoms with Crippen LogP contribution in [-0.4, -0.2) is 37.6 Å². The van der Waals surface area contributed by atoms with Crippen molar-refractivity contribution in [2.75, 3.05) is 18.4 Å². The zero-order chi connectivity index (χ0) is 20.9. The number of nitrogens with zero attached hydrogens (tertiary/aromatic N) is 1. The molecule has 1 aliphatic rings. The number of carbonyl (C=O) groups excluding carboxylic acids is 2. The van der Waals surface area contributed by atoms with Gasteiger partial charge < -0.3 is 10.6 Å². The zero-order valence-electron chi connectivity index (χ0n) is 15.7. The minimum Gasteiger partial charge on any atom is -0.344 e. The molecule has 9 heteroatoms. The molecule has 1 saturated heterocycles. The van der Waals surface area contributed by atoms with Crippen molar-refractivity contribution in [3.8, 4) is 0 Å². The van der Waals surface area contributed by atoms with E-state index in [1.807, 2.05) is 0 Å². The number of hydrogen-bond donors (Lipinski definition) is 2. The molecular formula is C20H22ClN3O4S. The molecule has 1 heterocycles. The largest absolute Gasteiger partial charge is 0.344 e. The van der Waals surface area contributed by atoms with Gasteiger partial charge in [0.25, 0.3) is 0 Å². The first kappa shape index (κ1) is 21.3. The summed E-state index contributed by atoms with van der Waals surface area (Å²) in [4.78, 5) is 24.1. The van der Waals surface area contributed by atoms with Gasteiger partial charge in [-0.25, -0.2) is 8.42 Å². The summed E-state index contributed by atoms with van der Waals surface area (Å²) in [5, 5.41) is 5.52. The molecule has 0 bridgehead atoms. The number of benzene rings is 2. The van der Waals surface area contributed by atoms with Crippen LogP contribution in [0.25, 0.3) is 0 Å². The zero-order valence-corrected chi connectivity index (χ0v) is 17.3. The van der Waals surface area contributed by atoms with E-state index in [-0.39, 0.29) is 11.4 Å². The molecule has 2 amide bonds. The topological polar surface area (TPSA) is 95.6 Å². The van der Waals surface area contributed by atoms with Crippen LogP contribution in [0.1, 0.15) is 24.8 Å². The molecule has 1 fully saturated rings. The minimum atomic E-state index is -3.49. The number of halogens is 1. The fraction of sp³-hybridized carbons (Fsp3) is 0.300. The third kappa shape index (κ3) is 5.56. The lowest BCUT2D eigenvalue weighted by atomic mass is 10.2. The van der Waals surface area contributed by atoms with E-state index in [9.17, 15) is 18.0 Å². The molecule has 0 radical (unpaired) electrons. The predicted molar refractivity (Wildman–Crippen MR) is 111 cm³/mol. The summed E-state index contributed by atoms with van der Waals surface area (Å²) in [5.74, 6) is -1.58. The van der Waals surface area contributed by atoms with Crippen molar-refractivity contribution in [2.24, 2.45) is 0 Å². The Balaban J connectivity index is 1.54. The molecule has 1 aliphatic heterocycles. The van der Waals surface area contributed by atoms with Crippen LogP contribution in [0.15, 0.2) is 53.4 Å². The summed E-state index contributed by atoms with van der Waals surface area (Å²) in [6.45, 7) is 1.20. The van der Waals surface area contributed by atoms with Crippen LogP contribution in [0, 0.1) is 0 Å². The standard InChI is InChI=1S/C20H22ClN3O4S/c21-16-6-8-17(9-7-16)23-20(26)19(25)22-14-15-4-10-18(11-5-15)29(27,28)24-12-2-1-3-13-24/h4-11H,1-3,12-14H2,(H,22,25)(H,23,26). The van der Waals surface area contributed by atoms with Gasteiger partial charge >= 0.3 is 11.8 Å². The Kier molecular flexibility index (Phi) is 6.89. The van der Waals surface area contributed by atoms with Gasteiger partial charge in [0.15, 0.2) is 0 Å². The van der Waals surface area contributed by atoms with Crippen LogP contribution in [0.3, 0.4) is 0 Å². The predicted octanol–water partition coefficient (Wildman–Crippen LogP) is 2.77. The van der Waals surface area contributed by atoms with E-state index in [0.29, 0.717) is 29.4 Å². The second-order valence-corrected chi connectivity index (χ2v) is 9.13. The van der Waals surface area contributed by atoms with Gasteiger partial charge in [-0.05, 0) is 54.8 Å². The van der Waals surface area contributed by atoms with Crippen molar-refractivity contribution >= 4 is 39.1 Å². The van der Waals surface area contributed by atoms with Crippen molar-refractivity contribution in [2.45, 2.75) is 30.7 Å². The van der Waals surface area contributed by atoms with E-state index in [1.54, 1.807) is 36.4 Å². The van der Waals surface area contributed by atoms with Crippen LogP contribution in [0.4, 0.5) is 5.69 Å². The maximum absolute atomic E-state index is 12.6. The van der Waals surface area contributed by atoms with E-state index < -0.39 is 21.8 Å². The van der Waals surface area contributed by atoms with Crippen molar-refractivity contribution in [3.05, 3.63) is 59.1 Å². The highest BCUT2D eigenvalue weighted by molar-refractivity contribution is 7.89. The van der Waals surface area contributed by atoms with E-state index in [4.69, 9.17) is 11.6 Å². The van der Waals surface area contributed by atoms with Crippen molar-refractivity contribution < 1.29 is 18.0 Å². The number of piperidine rings is 1. The van der Waals surface area contributed by atoms with Gasteiger partial charge in [-0.2, -0.15) is 4.31 Å². The number of hydrogen-bond acceptors (Lipinski definition) is 4. The number of sulfonamides is 1. The average molecular weight is 436 g/mol. The molecular weight excluding hydrogens is 414 g/mol. The van der Waals surface area contributed by atoms with Crippen LogP contribution >= 0.6 is 11.6 Å². The molecule has 2 aromatic carbocycles. The van der Waals surface area contributed by atoms with Crippen LogP contribution < -0.4 is 10.6 Å². The second-order valence-electron chi connectivity index (χ2n) is 6.75. The fourth-order valence-electron chi connectivity index (χ4n) is 3.02. The fourth-order valence-corrected chi connectivity index (χ4v) is 4.66. The first-order valence-corrected chi connectivity index (χ1v) is 11.1. The number of anilines is 1. The van der Waals surface area contributed by atoms with Gasteiger partial charge in [-0.1, -0.05) is 30.2 Å². The number of carbonyl (C=O) groups is 2. The van der Waals surface area contributed by atoms with E-state index in [1.165, 1.54) is 16.4 Å². The SMILES string of the molecule is O=C(NCc1ccc(S(=O)(=O)N2CCCCC2)cc1)C(=O)Nc1ccc(Cl)cc1. The maximum Gasteiger partial charge on any atom is 0.313 e. The normalized spacial score (nSPS) is 14.9. The second kappa shape index (κ2) is 9.39. The highest BCUT2D eigenvalue weighted by Crippen LogP contribution is 2.21. The molecule has 7 nitrogen and oxygen atoms in total. The third-order valence-electron chi connectivity index (χ3n) is 4.64. The summed E-state index contributed by atoms with van der Waals surface area (Å²) in [6, 6.07) is 12.7. The molecule has 0 atom stereocenters. The van der Waals surface area contributed by atoms with Crippen LogP contribution in [0.2, 0.25) is 5.02 Å². The smallest absolute Gasteiger partial charge is 0.313 e. The number of amides is 2. The van der Waals surface area contributed by atoms with Crippen molar-refractivity contribution in [1.82, 2.24) is 9.62 Å². The average Bonchev–Trinajstić information content (AvgIpc) is 2.74. The molecule has 0 aliphatic carbocycles. The Morgan fingerprint density at radius 3 is 2.14 bits per heavy atom. The lowest BCUT2D eigenvalue weighted by Gasteiger charge is -2.25. The molecule has 154 valence electrons. The summed E-state index contributed by atoms with van der Waals surface area (Å²) >= 11 is 5.78. The highest BCUT2D eigenvalue weighted by atomic mass is 35.5. The first-order chi connectivity index (χ1) is 13.9. The summed E-state index contributed by atoms with van der Waals surface area (Å²) in [6.07, 6.45) is 2.80. The van der Waals surface area contributed by atoms with Crippen LogP contribution in [-0.2, 0) is 26.2 Å². The number of rotatable bonds is 5. The number of nitrogens with one attached hydrogen (secondary N) is 2. The van der Waals surface area contributed by atoms with Gasteiger partial charge in [0, 0.05) is 30.3 Å². The van der Waals surface area contributed by atoms with E-state index >= 15 is 0 Å². The summed E-state index contributed by atoms with van der Waals surface area (Å²) < 4.78 is 26.8. The quantitative estimate of drug-likeness (QED) is 0.706. The molecule has 0 unspecified atom stereocenters. The molecule has 3 rings (SSSR count). The lowest BCUT2D eigenvalue weighted by molar-refractivity contribution is -0.136. The third-order valence-corrected chi connectivity index (χ3v) is 6.80. The Morgan fingerprint density at radius 1 is 0.897 bits per heavy atom. The monoisotopic (exact) mass is 435 g/mol. The van der Waals surface area contributed by atoms with Gasteiger partial charge in [0.2, 0.25) is 10.0 Å². The maximum atomic E-state index is 12.6. The molecule has 29 heavy (non-hydrogen) atoms. The van der Waals surface area contributed by atoms with Crippen molar-refractivity contribution in [1.29, 1.82) is 0 Å². The Labute approximate surface area is 175 Å².